The van der Waals surface area contributed by atoms with Crippen molar-refractivity contribution in [2.45, 2.75) is 0 Å². The van der Waals surface area contributed by atoms with E-state index in [0.29, 0.717) is 0 Å². The summed E-state index contributed by atoms with van der Waals surface area (Å²) in [6, 6.07) is 0. The quantitative estimate of drug-likeness (QED) is 0.450. The molecule has 0 aromatic heterocycles. The molecule has 0 unspecified atom stereocenters. The van der Waals surface area contributed by atoms with E-state index < -0.39 is 22.7 Å². The monoisotopic (exact) mass is 290 g/mol. The van der Waals surface area contributed by atoms with E-state index in [1.807, 2.05) is 0 Å². The zero-order valence-corrected chi connectivity index (χ0v) is 9.21. The summed E-state index contributed by atoms with van der Waals surface area (Å²) in [6.07, 6.45) is 0. The summed E-state index contributed by atoms with van der Waals surface area (Å²) < 4.78 is 39.6. The first-order valence-electron chi connectivity index (χ1n) is 0.756. The Morgan fingerprint density at radius 2 is 0.833 bits per heavy atom. The van der Waals surface area contributed by atoms with Crippen LogP contribution in [0.1, 0.15) is 0 Å². The second kappa shape index (κ2) is 3.43. The van der Waals surface area contributed by atoms with E-state index in [2.05, 4.69) is 0 Å². The predicted octanol–water partition coefficient (Wildman–Crippen LogP) is 0.494. The summed E-state index contributed by atoms with van der Waals surface area (Å²) in [5.41, 5.74) is 0. The molecule has 6 heteroatoms. The van der Waals surface area contributed by atoms with Crippen molar-refractivity contribution in [1.82, 2.24) is 0 Å². The predicted molar refractivity (Wildman–Crippen MR) is 14.4 cm³/mol. The van der Waals surface area contributed by atoms with Crippen LogP contribution in [0.4, 0.5) is 10.5 Å². The zero-order chi connectivity index (χ0) is 4.50. The maximum atomic E-state index is 9.90. The topological polar surface area (TPSA) is 0 Å². The molecule has 0 radical (unpaired) electrons. The third-order valence-electron chi connectivity index (χ3n) is 0. The average Bonchev–Trinajstić information content (AvgIpc) is 0.722. The molecule has 0 atom stereocenters. The Morgan fingerprint density at radius 3 is 0.833 bits per heavy atom. The van der Waals surface area contributed by atoms with E-state index >= 15 is 0 Å². The Morgan fingerprint density at radius 1 is 0.833 bits per heavy atom. The maximum absolute atomic E-state index is 9.90. The molecular formula is H3F4SbZr. The van der Waals surface area contributed by atoms with Crippen molar-refractivity contribution in [1.29, 1.82) is 0 Å². The Balaban J connectivity index is 0. The second-order valence-corrected chi connectivity index (χ2v) is 2.54. The van der Waals surface area contributed by atoms with Gasteiger partial charge in [-0.15, -0.1) is 0 Å². The summed E-state index contributed by atoms with van der Waals surface area (Å²) in [4.78, 5) is 0. The van der Waals surface area contributed by atoms with E-state index in [-0.39, 0.29) is 24.4 Å². The third kappa shape index (κ3) is 52.5. The molecule has 0 spiro atoms. The van der Waals surface area contributed by atoms with Crippen LogP contribution in [0, 0.1) is 0 Å². The van der Waals surface area contributed by atoms with E-state index in [1.54, 1.807) is 0 Å². The molecule has 0 bridgehead atoms. The van der Waals surface area contributed by atoms with Crippen LogP contribution in [0.2, 0.25) is 0 Å². The fourth-order valence-corrected chi connectivity index (χ4v) is 0. The van der Waals surface area contributed by atoms with E-state index in [9.17, 15) is 10.5 Å². The Labute approximate surface area is 57.3 Å². The molecule has 0 aromatic carbocycles. The molecule has 0 aliphatic heterocycles. The second-order valence-electron chi connectivity index (χ2n) is 0.429. The van der Waals surface area contributed by atoms with E-state index in [4.69, 9.17) is 0 Å². The molecule has 0 rings (SSSR count). The molecule has 0 heterocycles. The minimum atomic E-state index is -7.18. The first-order valence-corrected chi connectivity index (χ1v) is 4.47. The van der Waals surface area contributed by atoms with Gasteiger partial charge >= 0.3 is 57.6 Å². The molecule has 40 valence electrons. The first kappa shape index (κ1) is 10.4. The standard InChI is InChI=1S/4FH.Sb.Zr.3H/h4*1H;;;;;/q;;;;;+4;;;/p-4. The van der Waals surface area contributed by atoms with Crippen LogP contribution in [0.3, 0.4) is 0 Å². The van der Waals surface area contributed by atoms with Crippen LogP contribution < -0.4 is 0 Å². The normalized spacial score (nSPS) is 10.0. The SMILES string of the molecule is [F][Zr]([F])([F])[F].[SbH3]. The van der Waals surface area contributed by atoms with E-state index in [1.165, 1.54) is 0 Å². The van der Waals surface area contributed by atoms with Crippen LogP contribution in [-0.4, -0.2) is 24.4 Å². The van der Waals surface area contributed by atoms with Gasteiger partial charge in [-0.2, -0.15) is 0 Å². The summed E-state index contributed by atoms with van der Waals surface area (Å²) in [5.74, 6) is 0. The number of hydrogen-bond donors (Lipinski definition) is 0. The van der Waals surface area contributed by atoms with Crippen molar-refractivity contribution in [3.63, 3.8) is 0 Å². The van der Waals surface area contributed by atoms with Crippen LogP contribution >= 0.6 is 0 Å². The first-order chi connectivity index (χ1) is 2.00. The average molecular weight is 292 g/mol. The summed E-state index contributed by atoms with van der Waals surface area (Å²) in [6.45, 7) is 0. The van der Waals surface area contributed by atoms with Crippen LogP contribution in [-0.2, 0) is 22.7 Å². The van der Waals surface area contributed by atoms with E-state index in [0.717, 1.165) is 0 Å². The van der Waals surface area contributed by atoms with Crippen LogP contribution in [0.15, 0.2) is 0 Å². The third-order valence-corrected chi connectivity index (χ3v) is 0. The molecular weight excluding hydrogens is 289 g/mol. The molecule has 0 amide bonds. The minimum absolute atomic E-state index is 0. The van der Waals surface area contributed by atoms with Crippen LogP contribution in [0.5, 0.6) is 0 Å². The molecule has 0 nitrogen and oxygen atoms in total. The number of hydrogen-bond acceptors (Lipinski definition) is 0. The zero-order valence-electron chi connectivity index (χ0n) is 2.72. The van der Waals surface area contributed by atoms with Crippen molar-refractivity contribution in [2.24, 2.45) is 0 Å². The van der Waals surface area contributed by atoms with Gasteiger partial charge in [-0.25, -0.2) is 0 Å². The summed E-state index contributed by atoms with van der Waals surface area (Å²) in [5, 5.41) is 0. The molecule has 6 heavy (non-hydrogen) atoms. The van der Waals surface area contributed by atoms with Gasteiger partial charge in [0.2, 0.25) is 0 Å². The summed E-state index contributed by atoms with van der Waals surface area (Å²) in [7, 11) is 0. The fourth-order valence-electron chi connectivity index (χ4n) is 0. The molecule has 0 fully saturated rings. The number of rotatable bonds is 0. The molecule has 0 aliphatic rings. The van der Waals surface area contributed by atoms with Gasteiger partial charge in [-0.3, -0.25) is 0 Å². The van der Waals surface area contributed by atoms with Gasteiger partial charge in [0.25, 0.3) is 0 Å². The van der Waals surface area contributed by atoms with Crippen molar-refractivity contribution in [3.8, 4) is 0 Å². The van der Waals surface area contributed by atoms with Gasteiger partial charge in [0, 0.05) is 0 Å². The van der Waals surface area contributed by atoms with Gasteiger partial charge in [-0.1, -0.05) is 0 Å². The molecule has 0 N–H and O–H groups in total. The summed E-state index contributed by atoms with van der Waals surface area (Å²) >= 11 is -7.18. The number of halogens is 4. The Bertz CT molecular complexity index is 23.0. The Kier molecular flexibility index (Phi) is 5.95. The van der Waals surface area contributed by atoms with Crippen molar-refractivity contribution < 1.29 is 33.2 Å². The Hall–Kier alpha value is 1.42. The van der Waals surface area contributed by atoms with Gasteiger partial charge < -0.3 is 0 Å². The van der Waals surface area contributed by atoms with Crippen molar-refractivity contribution in [3.05, 3.63) is 0 Å². The molecule has 0 aliphatic carbocycles. The van der Waals surface area contributed by atoms with Crippen molar-refractivity contribution in [2.75, 3.05) is 0 Å². The van der Waals surface area contributed by atoms with Crippen LogP contribution in [0.25, 0.3) is 0 Å². The fraction of sp³-hybridized carbons (Fsp3) is 0. The van der Waals surface area contributed by atoms with Gasteiger partial charge in [0.1, 0.15) is 0 Å². The van der Waals surface area contributed by atoms with Gasteiger partial charge in [-0.05, 0) is 0 Å². The molecule has 0 aromatic rings. The van der Waals surface area contributed by atoms with Crippen molar-refractivity contribution >= 4 is 24.4 Å². The van der Waals surface area contributed by atoms with Gasteiger partial charge in [0.15, 0.2) is 0 Å². The molecule has 0 saturated heterocycles. The molecule has 0 saturated carbocycles. The van der Waals surface area contributed by atoms with Gasteiger partial charge in [0.05, 0.1) is 0 Å².